The van der Waals surface area contributed by atoms with E-state index in [-0.39, 0.29) is 5.82 Å². The summed E-state index contributed by atoms with van der Waals surface area (Å²) < 4.78 is 13.4. The molecule has 0 saturated heterocycles. The third kappa shape index (κ3) is 2.53. The Morgan fingerprint density at radius 2 is 2.10 bits per heavy atom. The third-order valence-electron chi connectivity index (χ3n) is 3.14. The Balaban J connectivity index is 2.18. The van der Waals surface area contributed by atoms with Gasteiger partial charge >= 0.3 is 0 Å². The molecule has 7 heteroatoms. The van der Waals surface area contributed by atoms with Gasteiger partial charge in [0.25, 0.3) is 0 Å². The Bertz CT molecular complexity index is 801. The van der Waals surface area contributed by atoms with Crippen LogP contribution in [0.15, 0.2) is 30.3 Å². The van der Waals surface area contributed by atoms with Crippen molar-refractivity contribution in [3.05, 3.63) is 41.0 Å². The van der Waals surface area contributed by atoms with Crippen molar-refractivity contribution in [3.63, 3.8) is 0 Å². The highest BCUT2D eigenvalue weighted by Crippen LogP contribution is 2.34. The van der Waals surface area contributed by atoms with Crippen LogP contribution in [0.1, 0.15) is 4.88 Å². The summed E-state index contributed by atoms with van der Waals surface area (Å²) in [6.07, 6.45) is 0. The fourth-order valence-electron chi connectivity index (χ4n) is 2.15. The molecule has 0 bridgehead atoms. The molecule has 0 spiro atoms. The Morgan fingerprint density at radius 1 is 1.29 bits per heavy atom. The number of hydrogen-bond acceptors (Lipinski definition) is 6. The average Bonchev–Trinajstić information content (AvgIpc) is 2.85. The van der Waals surface area contributed by atoms with Crippen molar-refractivity contribution < 1.29 is 4.39 Å². The molecule has 0 fully saturated rings. The lowest BCUT2D eigenvalue weighted by Crippen LogP contribution is -2.16. The van der Waals surface area contributed by atoms with Gasteiger partial charge in [0.2, 0.25) is 5.95 Å². The van der Waals surface area contributed by atoms with E-state index >= 15 is 0 Å². The van der Waals surface area contributed by atoms with Crippen molar-refractivity contribution >= 4 is 39.0 Å². The van der Waals surface area contributed by atoms with Gasteiger partial charge in [0, 0.05) is 17.6 Å². The second-order valence-corrected chi connectivity index (χ2v) is 5.86. The summed E-state index contributed by atoms with van der Waals surface area (Å²) in [5.74, 6) is 6.16. The van der Waals surface area contributed by atoms with Crippen LogP contribution in [0.5, 0.6) is 0 Å². The highest BCUT2D eigenvalue weighted by molar-refractivity contribution is 7.18. The predicted molar refractivity (Wildman–Crippen MR) is 84.4 cm³/mol. The number of nitrogens with one attached hydrogen (secondary N) is 1. The molecule has 1 aromatic carbocycles. The first-order valence-corrected chi connectivity index (χ1v) is 7.14. The molecule has 3 aromatic rings. The average molecular weight is 303 g/mol. The smallest absolute Gasteiger partial charge is 0.240 e. The van der Waals surface area contributed by atoms with Crippen molar-refractivity contribution in [2.75, 3.05) is 17.4 Å². The van der Waals surface area contributed by atoms with Crippen LogP contribution in [-0.2, 0) is 0 Å². The fraction of sp³-hybridized carbons (Fsp3) is 0.143. The molecule has 0 unspecified atom stereocenters. The minimum atomic E-state index is -0.289. The highest BCUT2D eigenvalue weighted by Gasteiger charge is 2.15. The van der Waals surface area contributed by atoms with Crippen LogP contribution >= 0.6 is 11.3 Å². The number of hydrogen-bond donors (Lipinski definition) is 2. The zero-order valence-electron chi connectivity index (χ0n) is 11.6. The molecule has 3 rings (SSSR count). The largest absolute Gasteiger partial charge is 0.329 e. The van der Waals surface area contributed by atoms with Crippen molar-refractivity contribution in [2.45, 2.75) is 6.92 Å². The van der Waals surface area contributed by atoms with Gasteiger partial charge < -0.3 is 4.90 Å². The number of fused-ring (bicyclic) bond motifs is 1. The van der Waals surface area contributed by atoms with E-state index in [2.05, 4.69) is 15.4 Å². The maximum Gasteiger partial charge on any atom is 0.240 e. The van der Waals surface area contributed by atoms with E-state index in [0.717, 1.165) is 15.1 Å². The standard InChI is InChI=1S/C14H14FN5S/c1-8-6-11-12(17-14(19-16)18-13(11)21-8)20(2)10-5-3-4-9(15)7-10/h3-7H,16H2,1-2H3,(H,17,18,19). The number of nitrogens with zero attached hydrogens (tertiary/aromatic N) is 3. The minimum Gasteiger partial charge on any atom is -0.329 e. The van der Waals surface area contributed by atoms with E-state index in [1.54, 1.807) is 17.4 Å². The van der Waals surface area contributed by atoms with Crippen LogP contribution in [0.4, 0.5) is 21.8 Å². The van der Waals surface area contributed by atoms with Gasteiger partial charge in [-0.25, -0.2) is 15.2 Å². The van der Waals surface area contributed by atoms with Gasteiger partial charge in [-0.15, -0.1) is 11.3 Å². The number of aromatic nitrogens is 2. The summed E-state index contributed by atoms with van der Waals surface area (Å²) >= 11 is 1.56. The highest BCUT2D eigenvalue weighted by atomic mass is 32.1. The third-order valence-corrected chi connectivity index (χ3v) is 4.08. The summed E-state index contributed by atoms with van der Waals surface area (Å²) in [7, 11) is 1.84. The first-order valence-electron chi connectivity index (χ1n) is 6.32. The molecular formula is C14H14FN5S. The van der Waals surface area contributed by atoms with Crippen molar-refractivity contribution in [1.29, 1.82) is 0 Å². The number of aryl methyl sites for hydroxylation is 1. The maximum absolute atomic E-state index is 13.4. The number of nitrogens with two attached hydrogens (primary N) is 1. The molecule has 2 heterocycles. The zero-order valence-corrected chi connectivity index (χ0v) is 12.4. The van der Waals surface area contributed by atoms with Gasteiger partial charge in [0.1, 0.15) is 16.5 Å². The summed E-state index contributed by atoms with van der Waals surface area (Å²) in [6, 6.07) is 8.38. The number of hydrazine groups is 1. The van der Waals surface area contributed by atoms with Crippen LogP contribution in [0.25, 0.3) is 10.2 Å². The van der Waals surface area contributed by atoms with Gasteiger partial charge in [-0.2, -0.15) is 4.98 Å². The monoisotopic (exact) mass is 303 g/mol. The van der Waals surface area contributed by atoms with Gasteiger partial charge in [-0.1, -0.05) is 6.07 Å². The zero-order chi connectivity index (χ0) is 15.0. The maximum atomic E-state index is 13.4. The summed E-state index contributed by atoms with van der Waals surface area (Å²) in [5.41, 5.74) is 3.18. The van der Waals surface area contributed by atoms with E-state index in [0.29, 0.717) is 17.5 Å². The van der Waals surface area contributed by atoms with Crippen LogP contribution in [0.2, 0.25) is 0 Å². The first kappa shape index (κ1) is 13.7. The van der Waals surface area contributed by atoms with E-state index < -0.39 is 0 Å². The SMILES string of the molecule is Cc1cc2c(N(C)c3cccc(F)c3)nc(NN)nc2s1. The summed E-state index contributed by atoms with van der Waals surface area (Å²) in [6.45, 7) is 2.01. The first-order chi connectivity index (χ1) is 10.1. The quantitative estimate of drug-likeness (QED) is 0.574. The molecule has 3 N–H and O–H groups in total. The summed E-state index contributed by atoms with van der Waals surface area (Å²) in [5, 5.41) is 0.920. The van der Waals surface area contributed by atoms with E-state index in [4.69, 9.17) is 5.84 Å². The molecular weight excluding hydrogens is 289 g/mol. The lowest BCUT2D eigenvalue weighted by atomic mass is 10.2. The van der Waals surface area contributed by atoms with Gasteiger partial charge in [-0.05, 0) is 31.2 Å². The Morgan fingerprint density at radius 3 is 2.81 bits per heavy atom. The molecule has 0 radical (unpaired) electrons. The number of halogens is 1. The van der Waals surface area contributed by atoms with Gasteiger partial charge in [-0.3, -0.25) is 5.43 Å². The molecule has 2 aromatic heterocycles. The Kier molecular flexibility index (Phi) is 3.44. The molecule has 0 aliphatic carbocycles. The second kappa shape index (κ2) is 5.27. The van der Waals surface area contributed by atoms with E-state index in [1.807, 2.05) is 31.0 Å². The van der Waals surface area contributed by atoms with Crippen LogP contribution in [0.3, 0.4) is 0 Å². The molecule has 0 amide bonds. The number of benzene rings is 1. The van der Waals surface area contributed by atoms with Gasteiger partial charge in [0.05, 0.1) is 5.39 Å². The topological polar surface area (TPSA) is 67.1 Å². The molecule has 21 heavy (non-hydrogen) atoms. The van der Waals surface area contributed by atoms with E-state index in [9.17, 15) is 4.39 Å². The Labute approximate surface area is 125 Å². The van der Waals surface area contributed by atoms with Crippen LogP contribution < -0.4 is 16.2 Å². The normalized spacial score (nSPS) is 10.9. The molecule has 0 aliphatic rings. The van der Waals surface area contributed by atoms with Crippen molar-refractivity contribution in [2.24, 2.45) is 5.84 Å². The molecule has 0 saturated carbocycles. The number of thiophene rings is 1. The molecule has 0 atom stereocenters. The Hall–Kier alpha value is -2.25. The minimum absolute atomic E-state index is 0.289. The molecule has 108 valence electrons. The second-order valence-electron chi connectivity index (χ2n) is 4.63. The van der Waals surface area contributed by atoms with Gasteiger partial charge in [0.15, 0.2) is 0 Å². The van der Waals surface area contributed by atoms with E-state index in [1.165, 1.54) is 12.1 Å². The molecule has 5 nitrogen and oxygen atoms in total. The summed E-state index contributed by atoms with van der Waals surface area (Å²) in [4.78, 5) is 12.5. The van der Waals surface area contributed by atoms with Crippen LogP contribution in [-0.4, -0.2) is 17.0 Å². The number of anilines is 3. The number of nitrogen functional groups attached to an aromatic ring is 1. The van der Waals surface area contributed by atoms with Crippen molar-refractivity contribution in [1.82, 2.24) is 9.97 Å². The predicted octanol–water partition coefficient (Wildman–Crippen LogP) is 3.19. The lowest BCUT2D eigenvalue weighted by molar-refractivity contribution is 0.628. The number of rotatable bonds is 3. The van der Waals surface area contributed by atoms with Crippen molar-refractivity contribution in [3.8, 4) is 0 Å². The lowest BCUT2D eigenvalue weighted by Gasteiger charge is -2.19. The fourth-order valence-corrected chi connectivity index (χ4v) is 3.03. The molecule has 0 aliphatic heterocycles. The van der Waals surface area contributed by atoms with Crippen LogP contribution in [0, 0.1) is 12.7 Å².